The van der Waals surface area contributed by atoms with Crippen molar-refractivity contribution >= 4 is 0 Å². The van der Waals surface area contributed by atoms with Crippen LogP contribution in [0.1, 0.15) is 48.8 Å². The molecule has 0 spiro atoms. The van der Waals surface area contributed by atoms with Crippen molar-refractivity contribution in [2.24, 2.45) is 0 Å². The molecule has 1 aromatic carbocycles. The molecule has 20 heavy (non-hydrogen) atoms. The fourth-order valence-corrected chi connectivity index (χ4v) is 3.11. The molecule has 1 heterocycles. The van der Waals surface area contributed by atoms with Gasteiger partial charge < -0.3 is 9.64 Å². The molecular weight excluding hydrogens is 246 g/mol. The van der Waals surface area contributed by atoms with Gasteiger partial charge in [-0.05, 0) is 75.6 Å². The van der Waals surface area contributed by atoms with Gasteiger partial charge in [0, 0.05) is 0 Å². The van der Waals surface area contributed by atoms with Crippen LogP contribution in [-0.4, -0.2) is 26.2 Å². The zero-order valence-corrected chi connectivity index (χ0v) is 13.4. The minimum Gasteiger partial charge on any atom is -0.493 e. The van der Waals surface area contributed by atoms with Crippen molar-refractivity contribution in [1.82, 2.24) is 0 Å². The predicted molar refractivity (Wildman–Crippen MR) is 84.8 cm³/mol. The Bertz CT molecular complexity index is 422. The van der Waals surface area contributed by atoms with Crippen LogP contribution >= 0.6 is 0 Å². The maximum absolute atomic E-state index is 5.98. The fourth-order valence-electron chi connectivity index (χ4n) is 3.11. The van der Waals surface area contributed by atoms with Gasteiger partial charge in [-0.25, -0.2) is 0 Å². The summed E-state index contributed by atoms with van der Waals surface area (Å²) in [7, 11) is 0. The highest BCUT2D eigenvalue weighted by molar-refractivity contribution is 5.41. The van der Waals surface area contributed by atoms with Gasteiger partial charge in [-0.3, -0.25) is 0 Å². The normalized spacial score (nSPS) is 16.4. The Labute approximate surface area is 124 Å². The van der Waals surface area contributed by atoms with Crippen molar-refractivity contribution in [3.63, 3.8) is 0 Å². The molecule has 0 aliphatic carbocycles. The van der Waals surface area contributed by atoms with Gasteiger partial charge in [0.25, 0.3) is 0 Å². The smallest absolute Gasteiger partial charge is 0.122 e. The maximum atomic E-state index is 5.98. The Morgan fingerprint density at radius 1 is 1.00 bits per heavy atom. The Morgan fingerprint density at radius 3 is 2.50 bits per heavy atom. The predicted octanol–water partition coefficient (Wildman–Crippen LogP) is 2.84. The molecule has 2 heteroatoms. The van der Waals surface area contributed by atoms with E-state index >= 15 is 0 Å². The number of hydrogen-bond donors (Lipinski definition) is 1. The lowest BCUT2D eigenvalue weighted by molar-refractivity contribution is -0.905. The number of piperidine rings is 1. The molecule has 1 aromatic rings. The molecule has 0 saturated carbocycles. The van der Waals surface area contributed by atoms with E-state index in [1.54, 1.807) is 4.90 Å². The third kappa shape index (κ3) is 4.52. The molecule has 112 valence electrons. The minimum atomic E-state index is 0.858. The standard InChI is InChI=1S/C18H29NO/c1-15-13-16(2)17(3)18(14-15)20-12-8-7-11-19-9-5-4-6-10-19/h13-14H,4-12H2,1-3H3/p+1. The van der Waals surface area contributed by atoms with Crippen LogP contribution in [0.3, 0.4) is 0 Å². The van der Waals surface area contributed by atoms with Crippen molar-refractivity contribution in [1.29, 1.82) is 0 Å². The van der Waals surface area contributed by atoms with Crippen LogP contribution in [0.25, 0.3) is 0 Å². The molecule has 1 aliphatic rings. The van der Waals surface area contributed by atoms with Gasteiger partial charge in [0.15, 0.2) is 0 Å². The average Bonchev–Trinajstić information content (AvgIpc) is 2.44. The molecule has 0 aromatic heterocycles. The summed E-state index contributed by atoms with van der Waals surface area (Å²) in [5.41, 5.74) is 3.91. The van der Waals surface area contributed by atoms with E-state index < -0.39 is 0 Å². The first-order valence-electron chi connectivity index (χ1n) is 8.21. The van der Waals surface area contributed by atoms with Crippen LogP contribution in [0.4, 0.5) is 0 Å². The molecule has 0 amide bonds. The van der Waals surface area contributed by atoms with E-state index in [-0.39, 0.29) is 0 Å². The van der Waals surface area contributed by atoms with E-state index in [1.807, 2.05) is 0 Å². The number of nitrogens with one attached hydrogen (secondary N) is 1. The number of likely N-dealkylation sites (tertiary alicyclic amines) is 1. The Kier molecular flexibility index (Phi) is 5.90. The van der Waals surface area contributed by atoms with Crippen molar-refractivity contribution < 1.29 is 9.64 Å². The molecule has 0 unspecified atom stereocenters. The maximum Gasteiger partial charge on any atom is 0.122 e. The molecular formula is C18H30NO+. The SMILES string of the molecule is Cc1cc(C)c(C)c(OCCCC[NH+]2CCCCC2)c1. The van der Waals surface area contributed by atoms with E-state index in [4.69, 9.17) is 4.74 Å². The second-order valence-corrected chi connectivity index (χ2v) is 6.32. The van der Waals surface area contributed by atoms with E-state index in [1.165, 1.54) is 68.4 Å². The largest absolute Gasteiger partial charge is 0.493 e. The first-order valence-corrected chi connectivity index (χ1v) is 8.21. The minimum absolute atomic E-state index is 0.858. The highest BCUT2D eigenvalue weighted by Gasteiger charge is 2.12. The van der Waals surface area contributed by atoms with Gasteiger partial charge in [0.1, 0.15) is 5.75 Å². The molecule has 1 fully saturated rings. The quantitative estimate of drug-likeness (QED) is 0.789. The molecule has 2 nitrogen and oxygen atoms in total. The molecule has 0 atom stereocenters. The average molecular weight is 276 g/mol. The molecule has 0 radical (unpaired) electrons. The number of unbranched alkanes of at least 4 members (excludes halogenated alkanes) is 1. The van der Waals surface area contributed by atoms with Crippen molar-refractivity contribution in [2.45, 2.75) is 52.9 Å². The van der Waals surface area contributed by atoms with Gasteiger partial charge >= 0.3 is 0 Å². The van der Waals surface area contributed by atoms with Gasteiger partial charge in [0.2, 0.25) is 0 Å². The van der Waals surface area contributed by atoms with Crippen LogP contribution in [-0.2, 0) is 0 Å². The number of aryl methyl sites for hydroxylation is 2. The lowest BCUT2D eigenvalue weighted by Gasteiger charge is -2.23. The van der Waals surface area contributed by atoms with Gasteiger partial charge in [-0.2, -0.15) is 0 Å². The zero-order valence-electron chi connectivity index (χ0n) is 13.4. The van der Waals surface area contributed by atoms with Gasteiger partial charge in [0.05, 0.1) is 26.2 Å². The molecule has 1 saturated heterocycles. The third-order valence-corrected chi connectivity index (χ3v) is 4.51. The van der Waals surface area contributed by atoms with Crippen LogP contribution in [0.5, 0.6) is 5.75 Å². The number of benzene rings is 1. The van der Waals surface area contributed by atoms with Crippen LogP contribution in [0.15, 0.2) is 12.1 Å². The lowest BCUT2D eigenvalue weighted by Crippen LogP contribution is -3.12. The summed E-state index contributed by atoms with van der Waals surface area (Å²) in [5.74, 6) is 1.08. The van der Waals surface area contributed by atoms with Crippen LogP contribution in [0.2, 0.25) is 0 Å². The number of ether oxygens (including phenoxy) is 1. The second kappa shape index (κ2) is 7.68. The zero-order chi connectivity index (χ0) is 14.4. The molecule has 1 N–H and O–H groups in total. The highest BCUT2D eigenvalue weighted by Crippen LogP contribution is 2.23. The van der Waals surface area contributed by atoms with Crippen molar-refractivity contribution in [3.05, 3.63) is 28.8 Å². The summed E-state index contributed by atoms with van der Waals surface area (Å²) in [6.45, 7) is 11.4. The summed E-state index contributed by atoms with van der Waals surface area (Å²) in [6.07, 6.45) is 6.76. The summed E-state index contributed by atoms with van der Waals surface area (Å²) < 4.78 is 5.98. The Hall–Kier alpha value is -1.02. The van der Waals surface area contributed by atoms with Crippen LogP contribution < -0.4 is 9.64 Å². The van der Waals surface area contributed by atoms with Crippen molar-refractivity contribution in [3.8, 4) is 5.75 Å². The molecule has 0 bridgehead atoms. The Balaban J connectivity index is 1.68. The second-order valence-electron chi connectivity index (χ2n) is 6.32. The van der Waals surface area contributed by atoms with E-state index in [0.717, 1.165) is 12.4 Å². The molecule has 2 rings (SSSR count). The van der Waals surface area contributed by atoms with E-state index in [2.05, 4.69) is 32.9 Å². The Morgan fingerprint density at radius 2 is 1.75 bits per heavy atom. The molecule has 1 aliphatic heterocycles. The third-order valence-electron chi connectivity index (χ3n) is 4.51. The summed E-state index contributed by atoms with van der Waals surface area (Å²) >= 11 is 0. The first-order chi connectivity index (χ1) is 9.66. The van der Waals surface area contributed by atoms with Crippen molar-refractivity contribution in [2.75, 3.05) is 26.2 Å². The summed E-state index contributed by atoms with van der Waals surface area (Å²) in [6, 6.07) is 4.39. The monoisotopic (exact) mass is 276 g/mol. The topological polar surface area (TPSA) is 13.7 Å². The van der Waals surface area contributed by atoms with Gasteiger partial charge in [-0.15, -0.1) is 0 Å². The number of hydrogen-bond acceptors (Lipinski definition) is 1. The summed E-state index contributed by atoms with van der Waals surface area (Å²) in [5, 5.41) is 0. The number of rotatable bonds is 6. The van der Waals surface area contributed by atoms with E-state index in [0.29, 0.717) is 0 Å². The fraction of sp³-hybridized carbons (Fsp3) is 0.667. The number of quaternary nitrogens is 1. The first kappa shape index (κ1) is 15.4. The summed E-state index contributed by atoms with van der Waals surface area (Å²) in [4.78, 5) is 1.80. The highest BCUT2D eigenvalue weighted by atomic mass is 16.5. The van der Waals surface area contributed by atoms with E-state index in [9.17, 15) is 0 Å². The van der Waals surface area contributed by atoms with Crippen LogP contribution in [0, 0.1) is 20.8 Å². The van der Waals surface area contributed by atoms with Gasteiger partial charge in [-0.1, -0.05) is 6.07 Å². The lowest BCUT2D eigenvalue weighted by atomic mass is 10.1.